The summed E-state index contributed by atoms with van der Waals surface area (Å²) in [5.74, 6) is 0.205. The van der Waals surface area contributed by atoms with Gasteiger partial charge in [0.15, 0.2) is 5.09 Å². The van der Waals surface area contributed by atoms with Gasteiger partial charge in [-0.1, -0.05) is 13.0 Å². The Hall–Kier alpha value is -1.90. The molecule has 1 fully saturated rings. The Labute approximate surface area is 207 Å². The van der Waals surface area contributed by atoms with E-state index in [1.54, 1.807) is 6.26 Å². The molecule has 0 bridgehead atoms. The zero-order valence-corrected chi connectivity index (χ0v) is 21.7. The summed E-state index contributed by atoms with van der Waals surface area (Å²) in [6, 6.07) is 4.15. The summed E-state index contributed by atoms with van der Waals surface area (Å²) >= 11 is 1.20. The minimum absolute atomic E-state index is 0.205. The standard InChI is InChI=1S/C26H35BN2O4S/c1-16(14-27-32-25(2,3)26(4,5)33-27)19-13-22(31-15-19)34-29-24(30)28-23-20-10-6-8-17(20)12-18-9-7-11-21(18)23/h12-13,15-16H,6-11,14H2,1-5H3,(H2,28,29,30). The van der Waals surface area contributed by atoms with Gasteiger partial charge >= 0.3 is 13.1 Å². The van der Waals surface area contributed by atoms with E-state index in [-0.39, 0.29) is 30.3 Å². The second-order valence-corrected chi connectivity index (χ2v) is 11.7. The molecule has 1 atom stereocenters. The summed E-state index contributed by atoms with van der Waals surface area (Å²) in [6.45, 7) is 10.4. The van der Waals surface area contributed by atoms with Gasteiger partial charge in [-0.15, -0.1) is 0 Å². The lowest BCUT2D eigenvalue weighted by Crippen LogP contribution is -2.41. The van der Waals surface area contributed by atoms with Gasteiger partial charge in [-0.05, 0) is 112 Å². The molecular formula is C26H35BN2O4S. The van der Waals surface area contributed by atoms with E-state index in [9.17, 15) is 4.79 Å². The first-order chi connectivity index (χ1) is 16.1. The Bertz CT molecular complexity index is 1050. The summed E-state index contributed by atoms with van der Waals surface area (Å²) in [6.07, 6.45) is 9.18. The molecule has 182 valence electrons. The summed E-state index contributed by atoms with van der Waals surface area (Å²) in [4.78, 5) is 12.8. The first kappa shape index (κ1) is 23.8. The van der Waals surface area contributed by atoms with Crippen LogP contribution in [0.2, 0.25) is 6.32 Å². The fourth-order valence-electron chi connectivity index (χ4n) is 5.33. The van der Waals surface area contributed by atoms with Gasteiger partial charge < -0.3 is 19.0 Å². The van der Waals surface area contributed by atoms with E-state index in [0.29, 0.717) is 5.09 Å². The number of carbonyl (C=O) groups is 1. The topological polar surface area (TPSA) is 72.7 Å². The number of carbonyl (C=O) groups excluding carboxylic acids is 1. The molecule has 2 aromatic rings. The smallest absolute Gasteiger partial charge is 0.456 e. The lowest BCUT2D eigenvalue weighted by Gasteiger charge is -2.32. The Kier molecular flexibility index (Phi) is 6.28. The Morgan fingerprint density at radius 3 is 2.26 bits per heavy atom. The van der Waals surface area contributed by atoms with Crippen LogP contribution in [0.3, 0.4) is 0 Å². The third kappa shape index (κ3) is 4.52. The van der Waals surface area contributed by atoms with Gasteiger partial charge in [0.1, 0.15) is 0 Å². The molecule has 2 N–H and O–H groups in total. The van der Waals surface area contributed by atoms with Crippen LogP contribution in [-0.4, -0.2) is 24.4 Å². The predicted molar refractivity (Wildman–Crippen MR) is 137 cm³/mol. The highest BCUT2D eigenvalue weighted by Crippen LogP contribution is 2.41. The van der Waals surface area contributed by atoms with Crippen molar-refractivity contribution in [2.24, 2.45) is 0 Å². The number of rotatable bonds is 6. The number of furan rings is 1. The molecule has 2 amide bonds. The fourth-order valence-corrected chi connectivity index (χ4v) is 5.87. The summed E-state index contributed by atoms with van der Waals surface area (Å²) in [5, 5.41) is 3.82. The monoisotopic (exact) mass is 482 g/mol. The molecule has 34 heavy (non-hydrogen) atoms. The maximum absolute atomic E-state index is 12.8. The molecule has 2 heterocycles. The average molecular weight is 482 g/mol. The van der Waals surface area contributed by atoms with Crippen molar-refractivity contribution in [2.75, 3.05) is 5.32 Å². The average Bonchev–Trinajstić information content (AvgIpc) is 3.53. The second-order valence-electron chi connectivity index (χ2n) is 10.9. The zero-order chi connectivity index (χ0) is 24.1. The van der Waals surface area contributed by atoms with E-state index in [1.165, 1.54) is 47.0 Å². The van der Waals surface area contributed by atoms with Crippen molar-refractivity contribution >= 4 is 30.8 Å². The SMILES string of the molecule is CC(CB1OC(C)(C)C(C)(C)O1)c1coc(SNC(=O)Nc2c3c(cc4c2CCC4)CCC3)c1. The van der Waals surface area contributed by atoms with Gasteiger partial charge in [0, 0.05) is 17.6 Å². The molecule has 1 unspecified atom stereocenters. The van der Waals surface area contributed by atoms with Gasteiger partial charge in [0.25, 0.3) is 0 Å². The molecule has 0 saturated carbocycles. The Balaban J connectivity index is 1.17. The minimum atomic E-state index is -0.328. The molecule has 1 aromatic heterocycles. The van der Waals surface area contributed by atoms with Crippen LogP contribution < -0.4 is 10.0 Å². The largest absolute Gasteiger partial charge is 0.458 e. The van der Waals surface area contributed by atoms with Crippen LogP contribution in [0.15, 0.2) is 27.9 Å². The van der Waals surface area contributed by atoms with Crippen LogP contribution in [0.25, 0.3) is 0 Å². The molecule has 6 nitrogen and oxygen atoms in total. The third-order valence-corrected chi connectivity index (χ3v) is 8.67. The van der Waals surface area contributed by atoms with E-state index in [4.69, 9.17) is 13.7 Å². The minimum Gasteiger partial charge on any atom is -0.456 e. The van der Waals surface area contributed by atoms with Crippen molar-refractivity contribution in [3.63, 3.8) is 0 Å². The van der Waals surface area contributed by atoms with Crippen LogP contribution in [0.1, 0.15) is 81.2 Å². The lowest BCUT2D eigenvalue weighted by atomic mass is 9.76. The molecule has 0 radical (unpaired) electrons. The molecule has 1 saturated heterocycles. The van der Waals surface area contributed by atoms with Crippen LogP contribution in [-0.2, 0) is 35.0 Å². The van der Waals surface area contributed by atoms with E-state index >= 15 is 0 Å². The van der Waals surface area contributed by atoms with Gasteiger partial charge in [-0.3, -0.25) is 4.72 Å². The van der Waals surface area contributed by atoms with Crippen LogP contribution in [0.5, 0.6) is 0 Å². The van der Waals surface area contributed by atoms with Crippen molar-refractivity contribution in [3.05, 3.63) is 46.2 Å². The van der Waals surface area contributed by atoms with Crippen LogP contribution >= 0.6 is 11.9 Å². The van der Waals surface area contributed by atoms with E-state index in [2.05, 4.69) is 50.7 Å². The van der Waals surface area contributed by atoms with Gasteiger partial charge in [0.2, 0.25) is 0 Å². The first-order valence-corrected chi connectivity index (χ1v) is 13.3. The summed E-state index contributed by atoms with van der Waals surface area (Å²) < 4.78 is 20.9. The lowest BCUT2D eigenvalue weighted by molar-refractivity contribution is 0.00578. The molecule has 0 spiro atoms. The quantitative estimate of drug-likeness (QED) is 0.375. The van der Waals surface area contributed by atoms with Crippen molar-refractivity contribution in [1.82, 2.24) is 4.72 Å². The van der Waals surface area contributed by atoms with Crippen molar-refractivity contribution in [1.29, 1.82) is 0 Å². The number of anilines is 1. The van der Waals surface area contributed by atoms with Gasteiger partial charge in [0.05, 0.1) is 17.5 Å². The van der Waals surface area contributed by atoms with Crippen molar-refractivity contribution < 1.29 is 18.5 Å². The summed E-state index contributed by atoms with van der Waals surface area (Å²) in [7, 11) is -0.246. The third-order valence-electron chi connectivity index (χ3n) is 7.97. The number of urea groups is 1. The molecule has 1 aromatic carbocycles. The molecule has 8 heteroatoms. The Morgan fingerprint density at radius 1 is 1.03 bits per heavy atom. The number of fused-ring (bicyclic) bond motifs is 2. The van der Waals surface area contributed by atoms with Crippen LogP contribution in [0.4, 0.5) is 10.5 Å². The number of nitrogens with one attached hydrogen (secondary N) is 2. The second kappa shape index (κ2) is 8.96. The van der Waals surface area contributed by atoms with E-state index < -0.39 is 0 Å². The molecular weight excluding hydrogens is 447 g/mol. The van der Waals surface area contributed by atoms with Crippen molar-refractivity contribution in [3.8, 4) is 0 Å². The number of benzene rings is 1. The van der Waals surface area contributed by atoms with E-state index in [1.807, 2.05) is 6.07 Å². The highest BCUT2D eigenvalue weighted by Gasteiger charge is 2.51. The van der Waals surface area contributed by atoms with Gasteiger partial charge in [-0.2, -0.15) is 0 Å². The molecule has 1 aliphatic heterocycles. The summed E-state index contributed by atoms with van der Waals surface area (Å²) in [5.41, 5.74) is 6.95. The number of amides is 2. The van der Waals surface area contributed by atoms with E-state index in [0.717, 1.165) is 43.3 Å². The normalized spacial score (nSPS) is 20.8. The number of aryl methyl sites for hydroxylation is 2. The zero-order valence-electron chi connectivity index (χ0n) is 20.9. The highest BCUT2D eigenvalue weighted by molar-refractivity contribution is 7.97. The van der Waals surface area contributed by atoms with Gasteiger partial charge in [-0.25, -0.2) is 4.79 Å². The first-order valence-electron chi connectivity index (χ1n) is 12.5. The molecule has 3 aliphatic rings. The van der Waals surface area contributed by atoms with Crippen molar-refractivity contribution in [2.45, 2.75) is 102 Å². The van der Waals surface area contributed by atoms with Crippen LogP contribution in [0, 0.1) is 0 Å². The molecule has 2 aliphatic carbocycles. The predicted octanol–water partition coefficient (Wildman–Crippen LogP) is 6.28. The maximum atomic E-state index is 12.8. The number of hydrogen-bond donors (Lipinski definition) is 2. The Morgan fingerprint density at radius 2 is 1.65 bits per heavy atom. The maximum Gasteiger partial charge on any atom is 0.458 e. The molecule has 5 rings (SSSR count). The highest BCUT2D eigenvalue weighted by atomic mass is 32.2. The fraction of sp³-hybridized carbons (Fsp3) is 0.577. The number of hydrogen-bond acceptors (Lipinski definition) is 5.